The van der Waals surface area contributed by atoms with E-state index in [2.05, 4.69) is 33.8 Å². The predicted octanol–water partition coefficient (Wildman–Crippen LogP) is 3.84. The Labute approximate surface area is 84.8 Å². The van der Waals surface area contributed by atoms with Crippen molar-refractivity contribution in [2.75, 3.05) is 20.0 Å². The quantitative estimate of drug-likeness (QED) is 0.610. The molecule has 0 spiro atoms. The summed E-state index contributed by atoms with van der Waals surface area (Å²) in [5.74, 6) is 2.11. The molecule has 0 nitrogen and oxygen atoms in total. The fourth-order valence-electron chi connectivity index (χ4n) is 2.92. The van der Waals surface area contributed by atoms with Gasteiger partial charge < -0.3 is 0 Å². The molecule has 0 aromatic carbocycles. The molecule has 1 fully saturated rings. The van der Waals surface area contributed by atoms with Gasteiger partial charge in [0.15, 0.2) is 0 Å². The topological polar surface area (TPSA) is 0 Å². The van der Waals surface area contributed by atoms with Crippen molar-refractivity contribution in [3.8, 4) is 0 Å². The molecular formula is C12H27P. The van der Waals surface area contributed by atoms with E-state index < -0.39 is 7.26 Å². The minimum absolute atomic E-state index is 0.840. The molecule has 1 aliphatic carbocycles. The molecule has 0 aromatic heterocycles. The van der Waals surface area contributed by atoms with Gasteiger partial charge in [0, 0.05) is 0 Å². The summed E-state index contributed by atoms with van der Waals surface area (Å²) in [6, 6.07) is 0. The van der Waals surface area contributed by atoms with Crippen LogP contribution >= 0.6 is 7.26 Å². The Morgan fingerprint density at radius 1 is 0.923 bits per heavy atom. The van der Waals surface area contributed by atoms with E-state index >= 15 is 0 Å². The zero-order valence-electron chi connectivity index (χ0n) is 10.1. The van der Waals surface area contributed by atoms with Gasteiger partial charge in [-0.05, 0) is 0 Å². The second kappa shape index (κ2) is 4.30. The average Bonchev–Trinajstić information content (AvgIpc) is 2.45. The Hall–Kier alpha value is 0.430. The summed E-state index contributed by atoms with van der Waals surface area (Å²) in [5.41, 5.74) is 1.11. The Morgan fingerprint density at radius 3 is 1.54 bits per heavy atom. The van der Waals surface area contributed by atoms with Crippen molar-refractivity contribution in [3.63, 3.8) is 0 Å². The van der Waals surface area contributed by atoms with Gasteiger partial charge in [0.1, 0.15) is 0 Å². The van der Waals surface area contributed by atoms with Gasteiger partial charge in [-0.15, -0.1) is 0 Å². The molecule has 0 aromatic rings. The Balaban J connectivity index is 2.58. The number of hydrogen-bond donors (Lipinski definition) is 0. The van der Waals surface area contributed by atoms with Gasteiger partial charge >= 0.3 is 84.3 Å². The van der Waals surface area contributed by atoms with Crippen LogP contribution in [0.1, 0.15) is 39.5 Å². The standard InChI is InChI=1S/C12H27P/c1-6-10-8-12(13(3,4)5)9-11(10)7-2/h10-13H,6-9H2,1-5H3. The van der Waals surface area contributed by atoms with Crippen LogP contribution in [0.5, 0.6) is 0 Å². The molecule has 1 heteroatoms. The second-order valence-corrected chi connectivity index (χ2v) is 11.4. The third-order valence-electron chi connectivity index (χ3n) is 4.11. The molecule has 0 aliphatic heterocycles. The van der Waals surface area contributed by atoms with Gasteiger partial charge in [-0.2, -0.15) is 0 Å². The molecule has 0 N–H and O–H groups in total. The normalized spacial score (nSPS) is 36.5. The van der Waals surface area contributed by atoms with E-state index in [1.54, 1.807) is 12.8 Å². The predicted molar refractivity (Wildman–Crippen MR) is 66.7 cm³/mol. The molecule has 1 saturated carbocycles. The summed E-state index contributed by atoms with van der Waals surface area (Å²) in [7, 11) is -0.840. The first-order chi connectivity index (χ1) is 5.99. The van der Waals surface area contributed by atoms with Gasteiger partial charge in [-0.1, -0.05) is 0 Å². The molecule has 13 heavy (non-hydrogen) atoms. The molecular weight excluding hydrogens is 175 g/mol. The molecule has 80 valence electrons. The third kappa shape index (κ3) is 2.69. The van der Waals surface area contributed by atoms with Crippen LogP contribution in [0.15, 0.2) is 0 Å². The molecule has 0 bridgehead atoms. The maximum atomic E-state index is 2.54. The van der Waals surface area contributed by atoms with Crippen molar-refractivity contribution in [3.05, 3.63) is 0 Å². The van der Waals surface area contributed by atoms with E-state index in [1.165, 1.54) is 12.8 Å². The number of hydrogen-bond acceptors (Lipinski definition) is 0. The van der Waals surface area contributed by atoms with E-state index in [9.17, 15) is 0 Å². The number of rotatable bonds is 3. The Kier molecular flexibility index (Phi) is 3.81. The average molecular weight is 202 g/mol. The van der Waals surface area contributed by atoms with Gasteiger partial charge in [0.25, 0.3) is 0 Å². The van der Waals surface area contributed by atoms with Crippen LogP contribution in [0.25, 0.3) is 0 Å². The fraction of sp³-hybridized carbons (Fsp3) is 1.00. The van der Waals surface area contributed by atoms with E-state index in [1.807, 2.05) is 0 Å². The van der Waals surface area contributed by atoms with Gasteiger partial charge in [-0.25, -0.2) is 0 Å². The first-order valence-electron chi connectivity index (χ1n) is 5.99. The molecule has 0 saturated heterocycles. The van der Waals surface area contributed by atoms with Crippen LogP contribution in [0, 0.1) is 11.8 Å². The van der Waals surface area contributed by atoms with Gasteiger partial charge in [0.2, 0.25) is 0 Å². The SMILES string of the molecule is CCC1CC([PH](C)(C)C)CC1CC. The molecule has 1 aliphatic rings. The zero-order chi connectivity index (χ0) is 10.1. The molecule has 0 amide bonds. The zero-order valence-corrected chi connectivity index (χ0v) is 11.1. The Bertz CT molecular complexity index is 145. The second-order valence-electron chi connectivity index (χ2n) is 5.87. The van der Waals surface area contributed by atoms with E-state index in [4.69, 9.17) is 0 Å². The van der Waals surface area contributed by atoms with Crippen molar-refractivity contribution in [2.45, 2.75) is 45.2 Å². The minimum atomic E-state index is -0.840. The van der Waals surface area contributed by atoms with Gasteiger partial charge in [0.05, 0.1) is 0 Å². The van der Waals surface area contributed by atoms with Crippen LogP contribution in [-0.4, -0.2) is 25.7 Å². The first kappa shape index (κ1) is 11.5. The molecule has 1 rings (SSSR count). The summed E-state index contributed by atoms with van der Waals surface area (Å²) in [6.45, 7) is 12.4. The summed E-state index contributed by atoms with van der Waals surface area (Å²) in [6.07, 6.45) is 5.93. The summed E-state index contributed by atoms with van der Waals surface area (Å²) in [5, 5.41) is 0. The third-order valence-corrected chi connectivity index (χ3v) is 7.04. The van der Waals surface area contributed by atoms with Crippen LogP contribution < -0.4 is 0 Å². The van der Waals surface area contributed by atoms with Crippen LogP contribution in [0.3, 0.4) is 0 Å². The molecule has 0 radical (unpaired) electrons. The van der Waals surface area contributed by atoms with E-state index in [-0.39, 0.29) is 0 Å². The van der Waals surface area contributed by atoms with E-state index in [0.717, 1.165) is 17.5 Å². The summed E-state index contributed by atoms with van der Waals surface area (Å²) in [4.78, 5) is 0. The summed E-state index contributed by atoms with van der Waals surface area (Å²) < 4.78 is 0. The van der Waals surface area contributed by atoms with Gasteiger partial charge in [-0.3, -0.25) is 0 Å². The first-order valence-corrected chi connectivity index (χ1v) is 9.56. The van der Waals surface area contributed by atoms with Crippen molar-refractivity contribution in [1.82, 2.24) is 0 Å². The Morgan fingerprint density at radius 2 is 1.31 bits per heavy atom. The van der Waals surface area contributed by atoms with Crippen molar-refractivity contribution in [1.29, 1.82) is 0 Å². The van der Waals surface area contributed by atoms with Crippen molar-refractivity contribution in [2.24, 2.45) is 11.8 Å². The van der Waals surface area contributed by atoms with Crippen LogP contribution in [-0.2, 0) is 0 Å². The van der Waals surface area contributed by atoms with Crippen molar-refractivity contribution < 1.29 is 0 Å². The van der Waals surface area contributed by atoms with Crippen LogP contribution in [0.4, 0.5) is 0 Å². The van der Waals surface area contributed by atoms with Crippen molar-refractivity contribution >= 4 is 7.26 Å². The molecule has 0 heterocycles. The monoisotopic (exact) mass is 202 g/mol. The van der Waals surface area contributed by atoms with E-state index in [0.29, 0.717) is 0 Å². The molecule has 2 atom stereocenters. The maximum absolute atomic E-state index is 2.54. The fourth-order valence-corrected chi connectivity index (χ4v) is 4.94. The van der Waals surface area contributed by atoms with Crippen LogP contribution in [0.2, 0.25) is 0 Å². The summed E-state index contributed by atoms with van der Waals surface area (Å²) >= 11 is 0. The molecule has 2 unspecified atom stereocenters.